The van der Waals surface area contributed by atoms with Crippen molar-refractivity contribution >= 4 is 18.1 Å². The van der Waals surface area contributed by atoms with Crippen molar-refractivity contribution < 1.29 is 23.9 Å². The summed E-state index contributed by atoms with van der Waals surface area (Å²) in [5.74, 6) is 0.108. The van der Waals surface area contributed by atoms with Crippen LogP contribution in [0.15, 0.2) is 53.3 Å². The van der Waals surface area contributed by atoms with Crippen LogP contribution < -0.4 is 14.8 Å². The van der Waals surface area contributed by atoms with Gasteiger partial charge in [0.25, 0.3) is 0 Å². The van der Waals surface area contributed by atoms with Crippen molar-refractivity contribution in [2.75, 3.05) is 20.8 Å². The van der Waals surface area contributed by atoms with Gasteiger partial charge < -0.3 is 24.5 Å². The number of nitrogens with one attached hydrogen (secondary N) is 1. The van der Waals surface area contributed by atoms with Crippen molar-refractivity contribution in [2.45, 2.75) is 78.7 Å². The third kappa shape index (κ3) is 7.40. The van der Waals surface area contributed by atoms with E-state index in [0.29, 0.717) is 24.5 Å². The fraction of sp³-hybridized carbons (Fsp3) is 0.531. The number of hydrogen-bond acceptors (Lipinski definition) is 5. The highest BCUT2D eigenvalue weighted by atomic mass is 16.5. The molecule has 1 saturated heterocycles. The predicted octanol–water partition coefficient (Wildman–Crippen LogP) is 5.89. The summed E-state index contributed by atoms with van der Waals surface area (Å²) in [5.41, 5.74) is 3.18. The Labute approximate surface area is 233 Å². The fourth-order valence-corrected chi connectivity index (χ4v) is 5.58. The van der Waals surface area contributed by atoms with E-state index >= 15 is 0 Å². The molecule has 2 atom stereocenters. The first-order chi connectivity index (χ1) is 18.7. The number of fused-ring (bicyclic) bond motifs is 1. The zero-order chi connectivity index (χ0) is 28.4. The lowest BCUT2D eigenvalue weighted by Gasteiger charge is -2.31. The molecule has 0 spiro atoms. The second-order valence-corrected chi connectivity index (χ2v) is 10.9. The molecule has 212 valence electrons. The van der Waals surface area contributed by atoms with Gasteiger partial charge in [-0.1, -0.05) is 48.3 Å². The lowest BCUT2D eigenvalue weighted by molar-refractivity contribution is -0.136. The van der Waals surface area contributed by atoms with E-state index in [1.54, 1.807) is 25.2 Å². The zero-order valence-corrected chi connectivity index (χ0v) is 24.2. The standard InChI is InChI=1S/C32H44N2O5/c1-23(2)11-10-12-24(3)16-18-34-29-13-8-6-7-9-17-32(29,22-35)26(31(34)37)20-30(36)33-21-25-14-15-27(38-4)28(19-25)39-5/h11,13-16,19,22,26H,6-10,12,17-18,20-21H2,1-5H3,(H,33,36)/b24-16+,29-13+/t26-,32-/m1/s1. The van der Waals surface area contributed by atoms with Gasteiger partial charge in [0.15, 0.2) is 11.5 Å². The zero-order valence-electron chi connectivity index (χ0n) is 24.2. The monoisotopic (exact) mass is 536 g/mol. The Balaban J connectivity index is 1.78. The molecule has 1 aliphatic carbocycles. The van der Waals surface area contributed by atoms with Gasteiger partial charge in [-0.15, -0.1) is 0 Å². The molecule has 0 saturated carbocycles. The molecule has 7 nitrogen and oxygen atoms in total. The number of benzene rings is 1. The van der Waals surface area contributed by atoms with Crippen LogP contribution in [0.3, 0.4) is 0 Å². The summed E-state index contributed by atoms with van der Waals surface area (Å²) in [6.45, 7) is 6.97. The first-order valence-corrected chi connectivity index (χ1v) is 14.0. The van der Waals surface area contributed by atoms with Crippen LogP contribution in [-0.4, -0.2) is 43.8 Å². The Bertz CT molecular complexity index is 1130. The van der Waals surface area contributed by atoms with Crippen LogP contribution in [0.25, 0.3) is 0 Å². The molecule has 1 N–H and O–H groups in total. The molecule has 3 rings (SSSR count). The van der Waals surface area contributed by atoms with Gasteiger partial charge in [-0.05, 0) is 70.6 Å². The molecule has 2 amide bonds. The molecule has 0 bridgehead atoms. The second kappa shape index (κ2) is 14.2. The van der Waals surface area contributed by atoms with E-state index in [-0.39, 0.29) is 24.8 Å². The van der Waals surface area contributed by atoms with Crippen molar-refractivity contribution in [3.63, 3.8) is 0 Å². The van der Waals surface area contributed by atoms with Crippen molar-refractivity contribution in [3.05, 3.63) is 58.8 Å². The number of likely N-dealkylation sites (tertiary alicyclic amines) is 1. The van der Waals surface area contributed by atoms with Crippen LogP contribution in [0, 0.1) is 11.3 Å². The summed E-state index contributed by atoms with van der Waals surface area (Å²) in [7, 11) is 3.14. The minimum atomic E-state index is -0.956. The average molecular weight is 537 g/mol. The quantitative estimate of drug-likeness (QED) is 0.266. The maximum atomic E-state index is 13.8. The molecule has 1 aliphatic heterocycles. The van der Waals surface area contributed by atoms with Crippen molar-refractivity contribution in [1.29, 1.82) is 0 Å². The molecule has 39 heavy (non-hydrogen) atoms. The van der Waals surface area contributed by atoms with E-state index in [0.717, 1.165) is 56.1 Å². The number of amides is 2. The van der Waals surface area contributed by atoms with Gasteiger partial charge in [-0.2, -0.15) is 0 Å². The van der Waals surface area contributed by atoms with E-state index in [2.05, 4.69) is 44.3 Å². The third-order valence-corrected chi connectivity index (χ3v) is 7.84. The van der Waals surface area contributed by atoms with Crippen LogP contribution in [0.5, 0.6) is 11.5 Å². The minimum Gasteiger partial charge on any atom is -0.493 e. The molecule has 0 aromatic heterocycles. The molecular formula is C32H44N2O5. The Kier molecular flexibility index (Phi) is 11.0. The number of methoxy groups -OCH3 is 2. The molecule has 1 heterocycles. The first-order valence-electron chi connectivity index (χ1n) is 14.0. The number of hydrogen-bond donors (Lipinski definition) is 1. The largest absolute Gasteiger partial charge is 0.493 e. The number of carbonyl (C=O) groups is 3. The SMILES string of the molecule is COc1ccc(CNC(=O)C[C@@H]2C(=O)N(C/C=C(\C)CCC=C(C)C)/C3=C/CCCCC[C@]32C=O)cc1OC. The average Bonchev–Trinajstić information content (AvgIpc) is 3.11. The number of nitrogens with zero attached hydrogens (tertiary/aromatic N) is 1. The number of rotatable bonds is 12. The van der Waals surface area contributed by atoms with Crippen LogP contribution in [0.2, 0.25) is 0 Å². The van der Waals surface area contributed by atoms with Gasteiger partial charge >= 0.3 is 0 Å². The summed E-state index contributed by atoms with van der Waals surface area (Å²) < 4.78 is 10.6. The van der Waals surface area contributed by atoms with Crippen LogP contribution in [0.1, 0.15) is 77.7 Å². The normalized spacial score (nSPS) is 22.6. The third-order valence-electron chi connectivity index (χ3n) is 7.84. The molecular weight excluding hydrogens is 492 g/mol. The molecule has 0 radical (unpaired) electrons. The number of aldehydes is 1. The van der Waals surface area contributed by atoms with Crippen LogP contribution in [-0.2, 0) is 20.9 Å². The lowest BCUT2D eigenvalue weighted by Crippen LogP contribution is -2.36. The predicted molar refractivity (Wildman–Crippen MR) is 153 cm³/mol. The number of allylic oxidation sites excluding steroid dienone is 5. The van der Waals surface area contributed by atoms with E-state index in [4.69, 9.17) is 9.47 Å². The van der Waals surface area contributed by atoms with Gasteiger partial charge in [-0.3, -0.25) is 9.59 Å². The molecule has 7 heteroatoms. The van der Waals surface area contributed by atoms with Gasteiger partial charge in [0.05, 0.1) is 25.6 Å². The van der Waals surface area contributed by atoms with E-state index < -0.39 is 11.3 Å². The molecule has 0 unspecified atom stereocenters. The Hall–Kier alpha value is -3.35. The topological polar surface area (TPSA) is 84.9 Å². The molecule has 1 aromatic carbocycles. The summed E-state index contributed by atoms with van der Waals surface area (Å²) in [6.07, 6.45) is 13.5. The smallest absolute Gasteiger partial charge is 0.232 e. The Morgan fingerprint density at radius 3 is 2.56 bits per heavy atom. The van der Waals surface area contributed by atoms with Crippen molar-refractivity contribution in [3.8, 4) is 11.5 Å². The van der Waals surface area contributed by atoms with Crippen molar-refractivity contribution in [1.82, 2.24) is 10.2 Å². The molecule has 1 fully saturated rings. The Morgan fingerprint density at radius 1 is 1.10 bits per heavy atom. The lowest BCUT2D eigenvalue weighted by atomic mass is 9.70. The van der Waals surface area contributed by atoms with Gasteiger partial charge in [-0.25, -0.2) is 0 Å². The molecule has 1 aromatic rings. The van der Waals surface area contributed by atoms with E-state index in [9.17, 15) is 14.4 Å². The number of carbonyl (C=O) groups excluding carboxylic acids is 3. The summed E-state index contributed by atoms with van der Waals surface area (Å²) >= 11 is 0. The van der Waals surface area contributed by atoms with Crippen LogP contribution in [0.4, 0.5) is 0 Å². The number of ether oxygens (including phenoxy) is 2. The fourth-order valence-electron chi connectivity index (χ4n) is 5.58. The highest BCUT2D eigenvalue weighted by Gasteiger charge is 2.56. The van der Waals surface area contributed by atoms with E-state index in [1.807, 2.05) is 12.1 Å². The summed E-state index contributed by atoms with van der Waals surface area (Å²) in [4.78, 5) is 41.5. The van der Waals surface area contributed by atoms with E-state index in [1.165, 1.54) is 11.1 Å². The summed E-state index contributed by atoms with van der Waals surface area (Å²) in [5, 5.41) is 2.94. The summed E-state index contributed by atoms with van der Waals surface area (Å²) in [6, 6.07) is 5.47. The van der Waals surface area contributed by atoms with Gasteiger partial charge in [0.2, 0.25) is 11.8 Å². The first kappa shape index (κ1) is 30.2. The maximum Gasteiger partial charge on any atom is 0.232 e. The highest BCUT2D eigenvalue weighted by molar-refractivity contribution is 5.95. The van der Waals surface area contributed by atoms with Crippen LogP contribution >= 0.6 is 0 Å². The molecule has 2 aliphatic rings. The van der Waals surface area contributed by atoms with Gasteiger partial charge in [0, 0.05) is 25.2 Å². The second-order valence-electron chi connectivity index (χ2n) is 10.9. The highest BCUT2D eigenvalue weighted by Crippen LogP contribution is 2.50. The minimum absolute atomic E-state index is 0.0258. The maximum absolute atomic E-state index is 13.8. The Morgan fingerprint density at radius 2 is 1.87 bits per heavy atom. The van der Waals surface area contributed by atoms with Crippen molar-refractivity contribution in [2.24, 2.45) is 11.3 Å². The van der Waals surface area contributed by atoms with Gasteiger partial charge in [0.1, 0.15) is 6.29 Å².